The van der Waals surface area contributed by atoms with Crippen LogP contribution in [0.1, 0.15) is 58.8 Å². The van der Waals surface area contributed by atoms with E-state index in [1.54, 1.807) is 25.4 Å². The standard InChI is InChI=1S/C33H42FN5O7S/c1-19-6-4-5-7-22-17-33(22,31(42)38-47(43,44)32(34)11-12-32)37-28(40)26-16-24(18-39(26)30(41)27(35)20(2)14-19)46-29-25-9-8-23(45-3)15-21(25)10-13-36-29/h5,7-10,13,15,19-20,22,24,26-27H,4,6,11-12,14,16-18,35H2,1-3H3,(H,37,40)(H,38,42)/b7-5-/t19-,20-,22-,24-,26?,27+,33-/m1/s1. The molecule has 47 heavy (non-hydrogen) atoms. The van der Waals surface area contributed by atoms with Crippen molar-refractivity contribution >= 4 is 38.5 Å². The number of ether oxygens (including phenoxy) is 2. The lowest BCUT2D eigenvalue weighted by Gasteiger charge is -2.30. The van der Waals surface area contributed by atoms with E-state index >= 15 is 0 Å². The van der Waals surface area contributed by atoms with Gasteiger partial charge in [-0.05, 0) is 67.2 Å². The molecule has 2 aliphatic carbocycles. The van der Waals surface area contributed by atoms with Gasteiger partial charge in [-0.1, -0.05) is 26.0 Å². The number of nitrogens with two attached hydrogens (primary N) is 1. The number of carbonyl (C=O) groups excluding carboxylic acids is 3. The number of halogens is 1. The second kappa shape index (κ2) is 12.3. The molecule has 4 N–H and O–H groups in total. The molecule has 0 bridgehead atoms. The molecule has 7 atom stereocenters. The first-order chi connectivity index (χ1) is 22.3. The summed E-state index contributed by atoms with van der Waals surface area (Å²) in [4.78, 5) is 47.3. The molecule has 12 nitrogen and oxygen atoms in total. The molecule has 1 saturated heterocycles. The van der Waals surface area contributed by atoms with E-state index in [9.17, 15) is 27.2 Å². The zero-order valence-electron chi connectivity index (χ0n) is 26.8. The van der Waals surface area contributed by atoms with Crippen molar-refractivity contribution in [1.29, 1.82) is 0 Å². The number of benzene rings is 1. The molecule has 3 fully saturated rings. The van der Waals surface area contributed by atoms with Gasteiger partial charge in [0.1, 0.15) is 23.4 Å². The third kappa shape index (κ3) is 6.41. The van der Waals surface area contributed by atoms with E-state index in [-0.39, 0.29) is 44.1 Å². The number of alkyl halides is 1. The smallest absolute Gasteiger partial charge is 0.270 e. The largest absolute Gasteiger partial charge is 0.497 e. The highest BCUT2D eigenvalue weighted by Crippen LogP contribution is 2.48. The van der Waals surface area contributed by atoms with Crippen molar-refractivity contribution in [3.63, 3.8) is 0 Å². The second-order valence-electron chi connectivity index (χ2n) is 13.6. The maximum absolute atomic E-state index is 14.6. The third-order valence-corrected chi connectivity index (χ3v) is 11.9. The van der Waals surface area contributed by atoms with Crippen LogP contribution < -0.4 is 25.2 Å². The highest BCUT2D eigenvalue weighted by molar-refractivity contribution is 7.91. The van der Waals surface area contributed by atoms with Gasteiger partial charge in [0, 0.05) is 36.8 Å². The van der Waals surface area contributed by atoms with Crippen LogP contribution in [0.2, 0.25) is 0 Å². The molecule has 6 rings (SSSR count). The van der Waals surface area contributed by atoms with Crippen LogP contribution in [0.5, 0.6) is 11.6 Å². The van der Waals surface area contributed by atoms with Gasteiger partial charge in [-0.15, -0.1) is 0 Å². The van der Waals surface area contributed by atoms with Crippen molar-refractivity contribution in [2.45, 2.75) is 87.5 Å². The molecule has 3 amide bonds. The van der Waals surface area contributed by atoms with Gasteiger partial charge in [-0.2, -0.15) is 0 Å². The van der Waals surface area contributed by atoms with Crippen molar-refractivity contribution in [1.82, 2.24) is 19.9 Å². The summed E-state index contributed by atoms with van der Waals surface area (Å²) in [5.41, 5.74) is 4.91. The van der Waals surface area contributed by atoms with Gasteiger partial charge in [-0.25, -0.2) is 22.5 Å². The van der Waals surface area contributed by atoms with Crippen molar-refractivity contribution in [2.24, 2.45) is 23.5 Å². The molecule has 2 saturated carbocycles. The molecule has 0 radical (unpaired) electrons. The summed E-state index contributed by atoms with van der Waals surface area (Å²) in [6.45, 7) is 4.06. The molecule has 3 heterocycles. The zero-order valence-corrected chi connectivity index (χ0v) is 27.6. The lowest BCUT2D eigenvalue weighted by molar-refractivity contribution is -0.141. The van der Waals surface area contributed by atoms with Crippen LogP contribution in [0.25, 0.3) is 10.8 Å². The summed E-state index contributed by atoms with van der Waals surface area (Å²) >= 11 is 0. The minimum Gasteiger partial charge on any atom is -0.497 e. The molecule has 14 heteroatoms. The molecule has 0 spiro atoms. The first-order valence-corrected chi connectivity index (χ1v) is 17.6. The van der Waals surface area contributed by atoms with Crippen LogP contribution in [-0.2, 0) is 24.4 Å². The minimum absolute atomic E-state index is 0.0440. The molecular weight excluding hydrogens is 629 g/mol. The Labute approximate surface area is 273 Å². The molecule has 2 aliphatic heterocycles. The van der Waals surface area contributed by atoms with Crippen LogP contribution in [0.3, 0.4) is 0 Å². The van der Waals surface area contributed by atoms with E-state index in [0.29, 0.717) is 24.5 Å². The number of hydrogen-bond acceptors (Lipinski definition) is 9. The fourth-order valence-electron chi connectivity index (χ4n) is 6.81. The summed E-state index contributed by atoms with van der Waals surface area (Å²) in [6.07, 6.45) is 6.69. The SMILES string of the molecule is COc1ccc2c(O[C@@H]3CC4C(=O)N[C@]5(C(=O)NS(=O)(=O)C6(F)CC6)C[C@H]5/C=C\CC[C@@H](C)C[C@@H](C)[C@H](N)C(=O)N4C3)nccc2c1. The Bertz CT molecular complexity index is 1720. The maximum atomic E-state index is 14.6. The maximum Gasteiger partial charge on any atom is 0.270 e. The monoisotopic (exact) mass is 671 g/mol. The number of hydrogen-bond donors (Lipinski definition) is 3. The van der Waals surface area contributed by atoms with E-state index in [0.717, 1.165) is 17.2 Å². The summed E-state index contributed by atoms with van der Waals surface area (Å²) in [7, 11) is -3.03. The van der Waals surface area contributed by atoms with Gasteiger partial charge < -0.3 is 25.4 Å². The molecule has 2 aromatic rings. The Balaban J connectivity index is 1.30. The number of rotatable bonds is 6. The lowest BCUT2D eigenvalue weighted by Crippen LogP contribution is -2.58. The first-order valence-electron chi connectivity index (χ1n) is 16.2. The zero-order chi connectivity index (χ0) is 33.7. The predicted octanol–water partition coefficient (Wildman–Crippen LogP) is 2.71. The Morgan fingerprint density at radius 3 is 2.68 bits per heavy atom. The topological polar surface area (TPSA) is 170 Å². The molecular formula is C33H42FN5O7S. The lowest BCUT2D eigenvalue weighted by atomic mass is 9.88. The van der Waals surface area contributed by atoms with Crippen LogP contribution >= 0.6 is 0 Å². The summed E-state index contributed by atoms with van der Waals surface area (Å²) < 4.78 is 53.4. The number of amides is 3. The van der Waals surface area contributed by atoms with Crippen molar-refractivity contribution in [3.05, 3.63) is 42.6 Å². The number of carbonyl (C=O) groups is 3. The van der Waals surface area contributed by atoms with Gasteiger partial charge in [-0.3, -0.25) is 14.4 Å². The van der Waals surface area contributed by atoms with Crippen molar-refractivity contribution in [3.8, 4) is 11.6 Å². The number of aromatic nitrogens is 1. The highest BCUT2D eigenvalue weighted by Gasteiger charge is 2.64. The summed E-state index contributed by atoms with van der Waals surface area (Å²) in [6, 6.07) is 5.33. The predicted molar refractivity (Wildman–Crippen MR) is 171 cm³/mol. The Hall–Kier alpha value is -3.78. The Morgan fingerprint density at radius 2 is 1.96 bits per heavy atom. The molecule has 4 aliphatic rings. The van der Waals surface area contributed by atoms with Gasteiger partial charge >= 0.3 is 0 Å². The van der Waals surface area contributed by atoms with Gasteiger partial charge in [0.15, 0.2) is 0 Å². The van der Waals surface area contributed by atoms with Crippen LogP contribution in [0, 0.1) is 17.8 Å². The number of sulfonamides is 1. The van der Waals surface area contributed by atoms with Gasteiger partial charge in [0.05, 0.1) is 19.7 Å². The Kier molecular flexibility index (Phi) is 8.70. The van der Waals surface area contributed by atoms with E-state index in [1.807, 2.05) is 35.9 Å². The van der Waals surface area contributed by atoms with Crippen molar-refractivity contribution < 1.29 is 36.7 Å². The fraction of sp³-hybridized carbons (Fsp3) is 0.576. The molecule has 1 aromatic heterocycles. The minimum atomic E-state index is -4.60. The number of allylic oxidation sites excluding steroid dienone is 1. The summed E-state index contributed by atoms with van der Waals surface area (Å²) in [5, 5.41) is 1.83. The number of pyridine rings is 1. The number of nitrogens with zero attached hydrogens (tertiary/aromatic N) is 2. The van der Waals surface area contributed by atoms with Crippen LogP contribution in [0.4, 0.5) is 4.39 Å². The van der Waals surface area contributed by atoms with E-state index in [2.05, 4.69) is 17.2 Å². The van der Waals surface area contributed by atoms with E-state index in [4.69, 9.17) is 15.2 Å². The van der Waals surface area contributed by atoms with Crippen LogP contribution in [-0.4, -0.2) is 78.4 Å². The quantitative estimate of drug-likeness (QED) is 0.391. The highest BCUT2D eigenvalue weighted by atomic mass is 32.2. The number of nitrogens with one attached hydrogen (secondary N) is 2. The Morgan fingerprint density at radius 1 is 1.19 bits per heavy atom. The third-order valence-electron chi connectivity index (χ3n) is 10.0. The molecule has 1 aromatic carbocycles. The first kappa shape index (κ1) is 33.1. The number of fused-ring (bicyclic) bond motifs is 3. The summed E-state index contributed by atoms with van der Waals surface area (Å²) in [5.74, 6) is -1.49. The molecule has 1 unspecified atom stereocenters. The fourth-order valence-corrected chi connectivity index (χ4v) is 8.06. The average molecular weight is 672 g/mol. The molecule has 254 valence electrons. The van der Waals surface area contributed by atoms with Gasteiger partial charge in [0.2, 0.25) is 22.7 Å². The van der Waals surface area contributed by atoms with Crippen molar-refractivity contribution in [2.75, 3.05) is 13.7 Å². The average Bonchev–Trinajstić information content (AvgIpc) is 3.92. The normalized spacial score (nSPS) is 33.0. The van der Waals surface area contributed by atoms with E-state index in [1.165, 1.54) is 4.90 Å². The van der Waals surface area contributed by atoms with E-state index < -0.39 is 62.4 Å². The second-order valence-corrected chi connectivity index (χ2v) is 15.6. The number of methoxy groups -OCH3 is 1. The van der Waals surface area contributed by atoms with Gasteiger partial charge in [0.25, 0.3) is 15.9 Å². The van der Waals surface area contributed by atoms with Crippen LogP contribution in [0.15, 0.2) is 42.6 Å².